The van der Waals surface area contributed by atoms with Crippen LogP contribution in [0.15, 0.2) is 47.1 Å². The molecule has 0 unspecified atom stereocenters. The van der Waals surface area contributed by atoms with Crippen LogP contribution in [0.5, 0.6) is 5.75 Å². The summed E-state index contributed by atoms with van der Waals surface area (Å²) in [4.78, 5) is 10.0. The smallest absolute Gasteiger partial charge is 0.240 e. The first-order valence-corrected chi connectivity index (χ1v) is 8.35. The molecule has 0 aliphatic carbocycles. The molecule has 1 aliphatic heterocycles. The number of aromatic nitrogens is 3. The van der Waals surface area contributed by atoms with E-state index < -0.39 is 0 Å². The van der Waals surface area contributed by atoms with Crippen molar-refractivity contribution >= 4 is 0 Å². The quantitative estimate of drug-likeness (QED) is 0.743. The molecule has 25 heavy (non-hydrogen) atoms. The van der Waals surface area contributed by atoms with Gasteiger partial charge in [-0.2, -0.15) is 4.98 Å². The number of nitrogens with zero attached hydrogens (tertiary/aromatic N) is 3. The summed E-state index contributed by atoms with van der Waals surface area (Å²) in [5, 5.41) is 3.96. The first-order valence-electron chi connectivity index (χ1n) is 8.35. The van der Waals surface area contributed by atoms with E-state index in [0.717, 1.165) is 19.4 Å². The second kappa shape index (κ2) is 7.06. The van der Waals surface area contributed by atoms with E-state index in [1.807, 2.05) is 12.3 Å². The van der Waals surface area contributed by atoms with Crippen LogP contribution in [0.1, 0.15) is 36.3 Å². The molecule has 1 N–H and O–H groups in total. The summed E-state index contributed by atoms with van der Waals surface area (Å²) < 4.78 is 23.8. The van der Waals surface area contributed by atoms with Crippen molar-refractivity contribution in [2.45, 2.75) is 32.0 Å². The second-order valence-electron chi connectivity index (χ2n) is 6.10. The lowest BCUT2D eigenvalue weighted by molar-refractivity contribution is 0.209. The number of H-pyrrole nitrogens is 1. The number of ether oxygens (including phenoxy) is 1. The van der Waals surface area contributed by atoms with Gasteiger partial charge in [-0.15, -0.1) is 0 Å². The van der Waals surface area contributed by atoms with Gasteiger partial charge in [-0.25, -0.2) is 4.39 Å². The molecule has 1 fully saturated rings. The van der Waals surface area contributed by atoms with Crippen LogP contribution in [-0.4, -0.2) is 26.6 Å². The van der Waals surface area contributed by atoms with Crippen molar-refractivity contribution in [3.05, 3.63) is 65.8 Å². The standard InChI is InChI=1S/C18H19FN4O2/c19-13-5-7-14(8-6-13)24-12-17-21-18(25-22-17)11-23-10-2-4-16(23)15-3-1-9-20-15/h1,3,5-9,16,20H,2,4,10-12H2/t16-/m0/s1. The van der Waals surface area contributed by atoms with Gasteiger partial charge in [0.05, 0.1) is 12.6 Å². The molecule has 0 amide bonds. The lowest BCUT2D eigenvalue weighted by Crippen LogP contribution is -2.23. The Morgan fingerprint density at radius 1 is 1.28 bits per heavy atom. The second-order valence-corrected chi connectivity index (χ2v) is 6.10. The monoisotopic (exact) mass is 342 g/mol. The van der Waals surface area contributed by atoms with Gasteiger partial charge in [0.2, 0.25) is 11.7 Å². The molecule has 6 nitrogen and oxygen atoms in total. The fourth-order valence-corrected chi connectivity index (χ4v) is 3.18. The zero-order valence-corrected chi connectivity index (χ0v) is 13.7. The highest BCUT2D eigenvalue weighted by atomic mass is 19.1. The number of hydrogen-bond acceptors (Lipinski definition) is 5. The van der Waals surface area contributed by atoms with E-state index in [-0.39, 0.29) is 12.4 Å². The molecule has 7 heteroatoms. The third-order valence-corrected chi connectivity index (χ3v) is 4.37. The Hall–Kier alpha value is -2.67. The van der Waals surface area contributed by atoms with Crippen LogP contribution in [-0.2, 0) is 13.2 Å². The highest BCUT2D eigenvalue weighted by Crippen LogP contribution is 2.31. The Morgan fingerprint density at radius 2 is 2.16 bits per heavy atom. The van der Waals surface area contributed by atoms with Gasteiger partial charge >= 0.3 is 0 Å². The zero-order chi connectivity index (χ0) is 17.1. The van der Waals surface area contributed by atoms with Gasteiger partial charge in [0.25, 0.3) is 0 Å². The highest BCUT2D eigenvalue weighted by molar-refractivity contribution is 5.22. The molecule has 3 heterocycles. The van der Waals surface area contributed by atoms with Crippen LogP contribution in [0.4, 0.5) is 4.39 Å². The third kappa shape index (κ3) is 3.71. The fourth-order valence-electron chi connectivity index (χ4n) is 3.18. The van der Waals surface area contributed by atoms with E-state index >= 15 is 0 Å². The van der Waals surface area contributed by atoms with E-state index in [2.05, 4.69) is 26.1 Å². The van der Waals surface area contributed by atoms with Crippen LogP contribution in [0.25, 0.3) is 0 Å². The molecule has 0 bridgehead atoms. The fraction of sp³-hybridized carbons (Fsp3) is 0.333. The molecule has 2 aromatic heterocycles. The van der Waals surface area contributed by atoms with Crippen LogP contribution in [0, 0.1) is 5.82 Å². The Labute approximate surface area is 144 Å². The predicted molar refractivity (Wildman–Crippen MR) is 88.2 cm³/mol. The van der Waals surface area contributed by atoms with E-state index in [1.165, 1.54) is 17.8 Å². The van der Waals surface area contributed by atoms with E-state index in [1.54, 1.807) is 12.1 Å². The zero-order valence-electron chi connectivity index (χ0n) is 13.7. The summed E-state index contributed by atoms with van der Waals surface area (Å²) in [6, 6.07) is 10.3. The molecular formula is C18H19FN4O2. The van der Waals surface area contributed by atoms with Crippen LogP contribution in [0.2, 0.25) is 0 Å². The van der Waals surface area contributed by atoms with Crippen LogP contribution >= 0.6 is 0 Å². The number of hydrogen-bond donors (Lipinski definition) is 1. The van der Waals surface area contributed by atoms with Crippen molar-refractivity contribution in [3.8, 4) is 5.75 Å². The Bertz CT molecular complexity index is 801. The third-order valence-electron chi connectivity index (χ3n) is 4.37. The minimum atomic E-state index is -0.295. The number of likely N-dealkylation sites (tertiary alicyclic amines) is 1. The molecule has 130 valence electrons. The van der Waals surface area contributed by atoms with Gasteiger partial charge in [0.1, 0.15) is 11.6 Å². The first-order chi connectivity index (χ1) is 12.3. The van der Waals surface area contributed by atoms with Crippen molar-refractivity contribution in [3.63, 3.8) is 0 Å². The van der Waals surface area contributed by atoms with Crippen molar-refractivity contribution in [1.29, 1.82) is 0 Å². The molecule has 3 aromatic rings. The maximum absolute atomic E-state index is 12.9. The number of aromatic amines is 1. The molecule has 1 aliphatic rings. The van der Waals surface area contributed by atoms with Crippen molar-refractivity contribution in [2.75, 3.05) is 6.54 Å². The van der Waals surface area contributed by atoms with E-state index in [4.69, 9.17) is 9.26 Å². The van der Waals surface area contributed by atoms with Gasteiger partial charge in [0.15, 0.2) is 6.61 Å². The number of halogens is 1. The SMILES string of the molecule is Fc1ccc(OCc2noc(CN3CCC[C@H]3c3ccc[nH]3)n2)cc1. The summed E-state index contributed by atoms with van der Waals surface area (Å²) in [6.45, 7) is 1.82. The Kier molecular flexibility index (Phi) is 4.47. The molecule has 1 saturated heterocycles. The minimum absolute atomic E-state index is 0.190. The predicted octanol–water partition coefficient (Wildman–Crippen LogP) is 3.45. The van der Waals surface area contributed by atoms with Crippen molar-refractivity contribution in [2.24, 2.45) is 0 Å². The normalized spacial score (nSPS) is 17.9. The summed E-state index contributed by atoms with van der Waals surface area (Å²) in [5.41, 5.74) is 1.22. The molecule has 0 spiro atoms. The maximum Gasteiger partial charge on any atom is 0.240 e. The topological polar surface area (TPSA) is 67.2 Å². The first kappa shape index (κ1) is 15.8. The van der Waals surface area contributed by atoms with Gasteiger partial charge in [0, 0.05) is 11.9 Å². The molecule has 0 saturated carbocycles. The Balaban J connectivity index is 1.35. The lowest BCUT2D eigenvalue weighted by Gasteiger charge is -2.21. The summed E-state index contributed by atoms with van der Waals surface area (Å²) in [7, 11) is 0. The highest BCUT2D eigenvalue weighted by Gasteiger charge is 2.28. The lowest BCUT2D eigenvalue weighted by atomic mass is 10.1. The number of benzene rings is 1. The van der Waals surface area contributed by atoms with Gasteiger partial charge in [-0.3, -0.25) is 4.90 Å². The molecule has 1 aromatic carbocycles. The van der Waals surface area contributed by atoms with Gasteiger partial charge in [-0.1, -0.05) is 5.16 Å². The minimum Gasteiger partial charge on any atom is -0.485 e. The Morgan fingerprint density at radius 3 is 2.96 bits per heavy atom. The molecular weight excluding hydrogens is 323 g/mol. The van der Waals surface area contributed by atoms with Crippen molar-refractivity contribution in [1.82, 2.24) is 20.0 Å². The van der Waals surface area contributed by atoms with E-state index in [0.29, 0.717) is 30.1 Å². The number of rotatable bonds is 6. The van der Waals surface area contributed by atoms with Crippen LogP contribution in [0.3, 0.4) is 0 Å². The van der Waals surface area contributed by atoms with Gasteiger partial charge in [-0.05, 0) is 55.8 Å². The summed E-state index contributed by atoms with van der Waals surface area (Å²) in [6.07, 6.45) is 4.22. The maximum atomic E-state index is 12.9. The van der Waals surface area contributed by atoms with Gasteiger partial charge < -0.3 is 14.2 Å². The summed E-state index contributed by atoms with van der Waals surface area (Å²) >= 11 is 0. The largest absolute Gasteiger partial charge is 0.485 e. The summed E-state index contributed by atoms with van der Waals surface area (Å²) in [5.74, 6) is 1.33. The van der Waals surface area contributed by atoms with Crippen LogP contribution < -0.4 is 4.74 Å². The molecule has 4 rings (SSSR count). The number of nitrogens with one attached hydrogen (secondary N) is 1. The molecule has 1 atom stereocenters. The average molecular weight is 342 g/mol. The molecule has 0 radical (unpaired) electrons. The average Bonchev–Trinajstić information content (AvgIpc) is 3.36. The van der Waals surface area contributed by atoms with E-state index in [9.17, 15) is 4.39 Å². The van der Waals surface area contributed by atoms with Crippen molar-refractivity contribution < 1.29 is 13.7 Å².